The summed E-state index contributed by atoms with van der Waals surface area (Å²) >= 11 is 7.33. The Morgan fingerprint density at radius 3 is 2.50 bits per heavy atom. The summed E-state index contributed by atoms with van der Waals surface area (Å²) in [6.45, 7) is 3.85. The van der Waals surface area contributed by atoms with Gasteiger partial charge >= 0.3 is 5.97 Å². The van der Waals surface area contributed by atoms with Crippen molar-refractivity contribution in [1.29, 1.82) is 0 Å². The summed E-state index contributed by atoms with van der Waals surface area (Å²) in [4.78, 5) is 38.5. The van der Waals surface area contributed by atoms with Gasteiger partial charge in [0, 0.05) is 15.6 Å². The zero-order chi connectivity index (χ0) is 21.8. The van der Waals surface area contributed by atoms with Gasteiger partial charge in [-0.15, -0.1) is 11.3 Å². The second-order valence-electron chi connectivity index (χ2n) is 7.14. The van der Waals surface area contributed by atoms with E-state index in [1.807, 2.05) is 19.9 Å². The third-order valence-corrected chi connectivity index (χ3v) is 6.49. The number of carbonyl (C=O) groups excluding carboxylic acids is 2. The predicted molar refractivity (Wildman–Crippen MR) is 119 cm³/mol. The largest absolute Gasteiger partial charge is 0.481 e. The molecule has 6 nitrogen and oxygen atoms in total. The van der Waals surface area contributed by atoms with Crippen molar-refractivity contribution in [3.63, 3.8) is 0 Å². The van der Waals surface area contributed by atoms with E-state index in [9.17, 15) is 19.5 Å². The fourth-order valence-corrected chi connectivity index (χ4v) is 5.01. The summed E-state index contributed by atoms with van der Waals surface area (Å²) in [7, 11) is 0. The van der Waals surface area contributed by atoms with E-state index in [-0.39, 0.29) is 11.8 Å². The Kier molecular flexibility index (Phi) is 6.95. The highest BCUT2D eigenvalue weighted by atomic mass is 35.5. The molecule has 2 amide bonds. The lowest BCUT2D eigenvalue weighted by atomic mass is 9.82. The summed E-state index contributed by atoms with van der Waals surface area (Å²) in [6.07, 6.45) is 4.92. The van der Waals surface area contributed by atoms with Crippen LogP contribution < -0.4 is 10.6 Å². The third-order valence-electron chi connectivity index (χ3n) is 5.20. The van der Waals surface area contributed by atoms with Crippen LogP contribution in [0, 0.1) is 18.8 Å². The zero-order valence-electron chi connectivity index (χ0n) is 16.7. The van der Waals surface area contributed by atoms with E-state index in [1.54, 1.807) is 30.3 Å². The molecule has 0 saturated carbocycles. The number of aliphatic carboxylic acids is 1. The van der Waals surface area contributed by atoms with Crippen LogP contribution >= 0.6 is 22.9 Å². The molecule has 1 aliphatic carbocycles. The molecule has 0 bridgehead atoms. The topological polar surface area (TPSA) is 95.5 Å². The van der Waals surface area contributed by atoms with Crippen LogP contribution in [0.1, 0.15) is 40.6 Å². The lowest BCUT2D eigenvalue weighted by molar-refractivity contribution is -0.146. The maximum Gasteiger partial charge on any atom is 0.307 e. The third kappa shape index (κ3) is 4.74. The maximum atomic E-state index is 13.1. The van der Waals surface area contributed by atoms with Crippen molar-refractivity contribution in [3.05, 3.63) is 57.4 Å². The number of halogens is 1. The van der Waals surface area contributed by atoms with Crippen molar-refractivity contribution in [1.82, 2.24) is 0 Å². The SMILES string of the molecule is CCc1c(C)sc(NC(=O)[C@H]2CC=CC[C@@H]2C(=O)O)c1C(=O)Nc1cccc(Cl)c1. The number of thiophene rings is 1. The monoisotopic (exact) mass is 446 g/mol. The number of anilines is 2. The molecule has 1 aromatic carbocycles. The number of allylic oxidation sites excluding steroid dienone is 2. The molecule has 2 atom stereocenters. The van der Waals surface area contributed by atoms with Crippen molar-refractivity contribution in [2.24, 2.45) is 11.8 Å². The lowest BCUT2D eigenvalue weighted by Gasteiger charge is -2.24. The smallest absolute Gasteiger partial charge is 0.307 e. The van der Waals surface area contributed by atoms with E-state index in [0.717, 1.165) is 10.4 Å². The van der Waals surface area contributed by atoms with E-state index >= 15 is 0 Å². The van der Waals surface area contributed by atoms with E-state index < -0.39 is 17.8 Å². The van der Waals surface area contributed by atoms with Gasteiger partial charge in [0.15, 0.2) is 0 Å². The lowest BCUT2D eigenvalue weighted by Crippen LogP contribution is -2.35. The minimum Gasteiger partial charge on any atom is -0.481 e. The first kappa shape index (κ1) is 22.1. The Bertz CT molecular complexity index is 1010. The Balaban J connectivity index is 1.88. The van der Waals surface area contributed by atoms with Crippen LogP contribution in [0.25, 0.3) is 0 Å². The van der Waals surface area contributed by atoms with Gasteiger partial charge in [0.05, 0.1) is 17.4 Å². The normalized spacial score (nSPS) is 18.1. The van der Waals surface area contributed by atoms with Crippen LogP contribution in [0.2, 0.25) is 5.02 Å². The zero-order valence-corrected chi connectivity index (χ0v) is 18.3. The highest BCUT2D eigenvalue weighted by Crippen LogP contribution is 2.36. The van der Waals surface area contributed by atoms with E-state index in [0.29, 0.717) is 40.5 Å². The van der Waals surface area contributed by atoms with Gasteiger partial charge in [-0.3, -0.25) is 14.4 Å². The number of hydrogen-bond donors (Lipinski definition) is 3. The Morgan fingerprint density at radius 2 is 1.87 bits per heavy atom. The van der Waals surface area contributed by atoms with Crippen LogP contribution in [0.5, 0.6) is 0 Å². The number of aryl methyl sites for hydroxylation is 1. The molecule has 0 aliphatic heterocycles. The Hall–Kier alpha value is -2.64. The van der Waals surface area contributed by atoms with Crippen LogP contribution in [0.4, 0.5) is 10.7 Å². The molecule has 8 heteroatoms. The quantitative estimate of drug-likeness (QED) is 0.536. The molecule has 2 aromatic rings. The number of benzene rings is 1. The van der Waals surface area contributed by atoms with Crippen molar-refractivity contribution >= 4 is 51.4 Å². The fourth-order valence-electron chi connectivity index (χ4n) is 3.67. The van der Waals surface area contributed by atoms with Crippen molar-refractivity contribution < 1.29 is 19.5 Å². The molecule has 1 aromatic heterocycles. The molecule has 1 heterocycles. The highest BCUT2D eigenvalue weighted by Gasteiger charge is 2.35. The van der Waals surface area contributed by atoms with Gasteiger partial charge in [-0.05, 0) is 49.9 Å². The molecule has 158 valence electrons. The van der Waals surface area contributed by atoms with E-state index in [1.165, 1.54) is 11.3 Å². The molecule has 0 fully saturated rings. The van der Waals surface area contributed by atoms with Gasteiger partial charge in [-0.2, -0.15) is 0 Å². The summed E-state index contributed by atoms with van der Waals surface area (Å²) in [5.74, 6) is -3.16. The summed E-state index contributed by atoms with van der Waals surface area (Å²) < 4.78 is 0. The predicted octanol–water partition coefficient (Wildman–Crippen LogP) is 5.13. The first-order chi connectivity index (χ1) is 14.3. The van der Waals surface area contributed by atoms with Crippen LogP contribution in [-0.4, -0.2) is 22.9 Å². The van der Waals surface area contributed by atoms with Crippen molar-refractivity contribution in [3.8, 4) is 0 Å². The van der Waals surface area contributed by atoms with Crippen LogP contribution in [-0.2, 0) is 16.0 Å². The molecule has 0 spiro atoms. The standard InChI is InChI=1S/C22H23ClN2O4S/c1-3-15-12(2)30-21(18(15)20(27)24-14-8-6-7-13(23)11-14)25-19(26)16-9-4-5-10-17(16)22(28)29/h4-8,11,16-17H,3,9-10H2,1-2H3,(H,24,27)(H,25,26)(H,28,29)/t16-,17-/m0/s1. The summed E-state index contributed by atoms with van der Waals surface area (Å²) in [5.41, 5.74) is 1.82. The minimum absolute atomic E-state index is 0.319. The van der Waals surface area contributed by atoms with Crippen LogP contribution in [0.15, 0.2) is 36.4 Å². The highest BCUT2D eigenvalue weighted by molar-refractivity contribution is 7.16. The number of carboxylic acid groups (broad SMARTS) is 1. The second kappa shape index (κ2) is 9.45. The van der Waals surface area contributed by atoms with Gasteiger partial charge < -0.3 is 15.7 Å². The minimum atomic E-state index is -0.991. The number of carboxylic acids is 1. The second-order valence-corrected chi connectivity index (χ2v) is 8.80. The Labute approximate surface area is 183 Å². The molecule has 0 unspecified atom stereocenters. The summed E-state index contributed by atoms with van der Waals surface area (Å²) in [5, 5.41) is 16.1. The first-order valence-corrected chi connectivity index (χ1v) is 10.9. The molecule has 30 heavy (non-hydrogen) atoms. The van der Waals surface area contributed by atoms with Gasteiger partial charge in [0.25, 0.3) is 5.91 Å². The average molecular weight is 447 g/mol. The Morgan fingerprint density at radius 1 is 1.17 bits per heavy atom. The molecule has 0 radical (unpaired) electrons. The number of amides is 2. The molecule has 3 N–H and O–H groups in total. The average Bonchev–Trinajstić information content (AvgIpc) is 3.02. The van der Waals surface area contributed by atoms with Crippen molar-refractivity contribution in [2.75, 3.05) is 10.6 Å². The molecule has 3 rings (SSSR count). The first-order valence-electron chi connectivity index (χ1n) is 9.69. The van der Waals surface area contributed by atoms with Gasteiger partial charge in [0.2, 0.25) is 5.91 Å². The van der Waals surface area contributed by atoms with E-state index in [4.69, 9.17) is 11.6 Å². The number of nitrogens with one attached hydrogen (secondary N) is 2. The fraction of sp³-hybridized carbons (Fsp3) is 0.318. The molecule has 1 aliphatic rings. The summed E-state index contributed by atoms with van der Waals surface area (Å²) in [6, 6.07) is 6.84. The number of hydrogen-bond acceptors (Lipinski definition) is 4. The maximum absolute atomic E-state index is 13.1. The van der Waals surface area contributed by atoms with Gasteiger partial charge in [-0.1, -0.05) is 36.7 Å². The molecular formula is C22H23ClN2O4S. The number of carbonyl (C=O) groups is 3. The molecular weight excluding hydrogens is 424 g/mol. The van der Waals surface area contributed by atoms with Gasteiger partial charge in [-0.25, -0.2) is 0 Å². The van der Waals surface area contributed by atoms with Crippen molar-refractivity contribution in [2.45, 2.75) is 33.1 Å². The number of rotatable bonds is 6. The van der Waals surface area contributed by atoms with Gasteiger partial charge in [0.1, 0.15) is 5.00 Å². The van der Waals surface area contributed by atoms with E-state index in [2.05, 4.69) is 10.6 Å². The molecule has 0 saturated heterocycles. The van der Waals surface area contributed by atoms with Crippen LogP contribution in [0.3, 0.4) is 0 Å².